The van der Waals surface area contributed by atoms with Crippen molar-refractivity contribution in [2.45, 2.75) is 57.0 Å². The van der Waals surface area contributed by atoms with E-state index < -0.39 is 28.6 Å². The Labute approximate surface area is 288 Å². The van der Waals surface area contributed by atoms with Crippen LogP contribution < -0.4 is 14.8 Å². The van der Waals surface area contributed by atoms with Crippen molar-refractivity contribution in [1.29, 1.82) is 0 Å². The van der Waals surface area contributed by atoms with Gasteiger partial charge in [-0.2, -0.15) is 13.2 Å². The van der Waals surface area contributed by atoms with Crippen LogP contribution in [-0.4, -0.2) is 66.0 Å². The van der Waals surface area contributed by atoms with E-state index in [1.54, 1.807) is 28.0 Å². The van der Waals surface area contributed by atoms with Crippen LogP contribution in [0.2, 0.25) is 5.02 Å². The lowest BCUT2D eigenvalue weighted by atomic mass is 9.82. The predicted molar refractivity (Wildman–Crippen MR) is 176 cm³/mol. The maximum absolute atomic E-state index is 14.5. The first-order valence-electron chi connectivity index (χ1n) is 15.6. The van der Waals surface area contributed by atoms with E-state index in [1.807, 2.05) is 12.1 Å². The van der Waals surface area contributed by atoms with E-state index in [0.29, 0.717) is 41.1 Å². The van der Waals surface area contributed by atoms with Crippen molar-refractivity contribution in [2.24, 2.45) is 0 Å². The fourth-order valence-electron chi connectivity index (χ4n) is 6.29. The van der Waals surface area contributed by atoms with Crippen molar-refractivity contribution in [3.8, 4) is 11.5 Å². The summed E-state index contributed by atoms with van der Waals surface area (Å²) >= 11 is 9.59. The molecule has 2 heterocycles. The second-order valence-corrected chi connectivity index (χ2v) is 13.4. The van der Waals surface area contributed by atoms with E-state index >= 15 is 0 Å². The molecular weight excluding hydrogens is 718 g/mol. The summed E-state index contributed by atoms with van der Waals surface area (Å²) in [5, 5.41) is 3.10. The Kier molecular flexibility index (Phi) is 10.1. The number of nitrogens with one attached hydrogen (secondary N) is 1. The van der Waals surface area contributed by atoms with Crippen LogP contribution in [0.3, 0.4) is 0 Å². The minimum atomic E-state index is -4.63. The number of alkyl halides is 3. The molecule has 2 fully saturated rings. The fourth-order valence-corrected chi connectivity index (χ4v) is 6.94. The van der Waals surface area contributed by atoms with Gasteiger partial charge in [-0.05, 0) is 82.2 Å². The van der Waals surface area contributed by atoms with Gasteiger partial charge in [-0.25, -0.2) is 4.39 Å². The van der Waals surface area contributed by atoms with Crippen LogP contribution >= 0.6 is 27.5 Å². The average Bonchev–Trinajstić information content (AvgIpc) is 3.89. The molecular formula is C35H33BrClF4N3O4. The summed E-state index contributed by atoms with van der Waals surface area (Å²) in [4.78, 5) is 30.3. The highest BCUT2D eigenvalue weighted by Crippen LogP contribution is 2.40. The second-order valence-electron chi connectivity index (χ2n) is 12.2. The third-order valence-corrected chi connectivity index (χ3v) is 9.86. The van der Waals surface area contributed by atoms with E-state index in [4.69, 9.17) is 21.1 Å². The highest BCUT2D eigenvalue weighted by atomic mass is 79.9. The lowest BCUT2D eigenvalue weighted by molar-refractivity contribution is -0.137. The number of fused-ring (bicyclic) bond motifs is 2. The number of benzene rings is 3. The zero-order valence-corrected chi connectivity index (χ0v) is 28.3. The molecule has 254 valence electrons. The van der Waals surface area contributed by atoms with Crippen molar-refractivity contribution in [1.82, 2.24) is 15.1 Å². The molecule has 1 N–H and O–H groups in total. The number of ether oxygens (including phenoxy) is 2. The third kappa shape index (κ3) is 7.66. The minimum Gasteiger partial charge on any atom is -0.490 e. The minimum absolute atomic E-state index is 0.0728. The molecule has 1 saturated carbocycles. The van der Waals surface area contributed by atoms with Gasteiger partial charge in [0.1, 0.15) is 30.5 Å². The van der Waals surface area contributed by atoms with Gasteiger partial charge in [-0.3, -0.25) is 9.59 Å². The van der Waals surface area contributed by atoms with Crippen LogP contribution in [0.5, 0.6) is 11.5 Å². The Balaban J connectivity index is 1.25. The van der Waals surface area contributed by atoms with Crippen molar-refractivity contribution in [2.75, 3.05) is 26.3 Å². The van der Waals surface area contributed by atoms with Gasteiger partial charge in [0.2, 0.25) is 5.91 Å². The predicted octanol–water partition coefficient (Wildman–Crippen LogP) is 7.26. The SMILES string of the molecule is CC(=O)N1C[C@H]2CC(c3ccc(OCCOc4cc(F)ccc4Br)cc3)=C(C(=O)N(Cc3cccc(C(F)(F)F)c3Cl)C3CC3)[C@@H](C1)N2. The maximum Gasteiger partial charge on any atom is 0.417 e. The highest BCUT2D eigenvalue weighted by Gasteiger charge is 2.43. The first-order chi connectivity index (χ1) is 22.9. The molecule has 48 heavy (non-hydrogen) atoms. The van der Waals surface area contributed by atoms with Crippen LogP contribution in [0.4, 0.5) is 17.6 Å². The van der Waals surface area contributed by atoms with Crippen molar-refractivity contribution in [3.05, 3.63) is 98.2 Å². The van der Waals surface area contributed by atoms with Crippen molar-refractivity contribution >= 4 is 44.9 Å². The van der Waals surface area contributed by atoms with Crippen LogP contribution in [0.25, 0.3) is 5.57 Å². The molecule has 3 aromatic rings. The molecule has 6 rings (SSSR count). The maximum atomic E-state index is 14.5. The zero-order valence-electron chi connectivity index (χ0n) is 26.0. The van der Waals surface area contributed by atoms with Crippen LogP contribution in [0.15, 0.2) is 70.7 Å². The molecule has 0 radical (unpaired) electrons. The Morgan fingerprint density at radius 2 is 1.77 bits per heavy atom. The molecule has 2 bridgehead atoms. The Morgan fingerprint density at radius 3 is 2.46 bits per heavy atom. The normalized spacial score (nSPS) is 19.3. The molecule has 0 spiro atoms. The molecule has 1 aliphatic carbocycles. The Morgan fingerprint density at radius 1 is 1.04 bits per heavy atom. The number of hydrogen-bond acceptors (Lipinski definition) is 5. The van der Waals surface area contributed by atoms with Gasteiger partial charge in [0.15, 0.2) is 0 Å². The van der Waals surface area contributed by atoms with Gasteiger partial charge >= 0.3 is 6.18 Å². The number of hydrogen-bond donors (Lipinski definition) is 1. The number of carbonyl (C=O) groups is 2. The van der Waals surface area contributed by atoms with Crippen LogP contribution in [-0.2, 0) is 22.3 Å². The molecule has 1 saturated heterocycles. The number of halogens is 6. The quantitative estimate of drug-likeness (QED) is 0.175. The molecule has 2 aliphatic heterocycles. The first kappa shape index (κ1) is 34.3. The number of rotatable bonds is 10. The highest BCUT2D eigenvalue weighted by molar-refractivity contribution is 9.10. The molecule has 13 heteroatoms. The molecule has 3 aliphatic rings. The molecule has 7 nitrogen and oxygen atoms in total. The Hall–Kier alpha value is -3.61. The molecule has 2 atom stereocenters. The van der Waals surface area contributed by atoms with E-state index in [0.717, 1.165) is 30.0 Å². The van der Waals surface area contributed by atoms with E-state index in [9.17, 15) is 27.2 Å². The average molecular weight is 751 g/mol. The number of carbonyl (C=O) groups excluding carboxylic acids is 2. The zero-order chi connectivity index (χ0) is 34.2. The number of amides is 2. The summed E-state index contributed by atoms with van der Waals surface area (Å²) in [5.41, 5.74) is 1.41. The van der Waals surface area contributed by atoms with Gasteiger partial charge in [0.25, 0.3) is 5.91 Å². The lowest BCUT2D eigenvalue weighted by Crippen LogP contribution is -2.61. The van der Waals surface area contributed by atoms with Gasteiger partial charge in [-0.15, -0.1) is 0 Å². The summed E-state index contributed by atoms with van der Waals surface area (Å²) in [6, 6.07) is 14.6. The smallest absolute Gasteiger partial charge is 0.417 e. The number of nitrogens with zero attached hydrogens (tertiary/aromatic N) is 2. The fraction of sp³-hybridized carbons (Fsp3) is 0.371. The van der Waals surface area contributed by atoms with E-state index in [-0.39, 0.29) is 49.2 Å². The summed E-state index contributed by atoms with van der Waals surface area (Å²) in [6.45, 7) is 2.60. The van der Waals surface area contributed by atoms with E-state index in [1.165, 1.54) is 31.2 Å². The topological polar surface area (TPSA) is 71.1 Å². The monoisotopic (exact) mass is 749 g/mol. The first-order valence-corrected chi connectivity index (χ1v) is 16.8. The summed E-state index contributed by atoms with van der Waals surface area (Å²) < 4.78 is 66.6. The van der Waals surface area contributed by atoms with Crippen molar-refractivity contribution < 1.29 is 36.6 Å². The van der Waals surface area contributed by atoms with Gasteiger partial charge in [0, 0.05) is 50.3 Å². The molecule has 0 aromatic heterocycles. The molecule has 0 unspecified atom stereocenters. The van der Waals surface area contributed by atoms with Gasteiger partial charge < -0.3 is 24.6 Å². The number of piperazine rings is 1. The van der Waals surface area contributed by atoms with Crippen LogP contribution in [0, 0.1) is 5.82 Å². The summed E-state index contributed by atoms with van der Waals surface area (Å²) in [7, 11) is 0. The van der Waals surface area contributed by atoms with Crippen LogP contribution in [0.1, 0.15) is 42.9 Å². The third-order valence-electron chi connectivity index (χ3n) is 8.76. The van der Waals surface area contributed by atoms with E-state index in [2.05, 4.69) is 21.2 Å². The molecule has 3 aromatic carbocycles. The molecule has 2 amide bonds. The standard InChI is InChI=1S/C35H33BrClF4N3O4/c1-20(45)43-18-24-16-27(21-5-10-26(11-6-21)47-13-14-48-31-15-23(38)7-12-29(31)36)32(30(19-43)42-24)34(46)44(25-8-9-25)17-22-3-2-4-28(33(22)37)35(39,40)41/h2-7,10-12,15,24-25,30,42H,8-9,13-14,16-19H2,1H3/t24-,30-/m1/s1. The van der Waals surface area contributed by atoms with Gasteiger partial charge in [-0.1, -0.05) is 35.9 Å². The summed E-state index contributed by atoms with van der Waals surface area (Å²) in [6.07, 6.45) is -2.69. The summed E-state index contributed by atoms with van der Waals surface area (Å²) in [5.74, 6) is 0.154. The van der Waals surface area contributed by atoms with Crippen molar-refractivity contribution in [3.63, 3.8) is 0 Å². The second kappa shape index (κ2) is 14.1. The lowest BCUT2D eigenvalue weighted by Gasteiger charge is -2.44. The Bertz CT molecular complexity index is 1730. The largest absolute Gasteiger partial charge is 0.490 e. The van der Waals surface area contributed by atoms with Gasteiger partial charge in [0.05, 0.1) is 21.1 Å².